The summed E-state index contributed by atoms with van der Waals surface area (Å²) in [5, 5.41) is 0. The molecule has 1 aromatic carbocycles. The van der Waals surface area contributed by atoms with Crippen LogP contribution in [0, 0.1) is 0 Å². The van der Waals surface area contributed by atoms with Gasteiger partial charge in [-0.25, -0.2) is 0 Å². The minimum Gasteiger partial charge on any atom is -0.368 e. The molecule has 1 fully saturated rings. The van der Waals surface area contributed by atoms with Crippen LogP contribution in [-0.4, -0.2) is 6.61 Å². The first-order chi connectivity index (χ1) is 5.27. The molecule has 1 saturated heterocycles. The van der Waals surface area contributed by atoms with Crippen molar-refractivity contribution >= 4 is 31.9 Å². The van der Waals surface area contributed by atoms with E-state index >= 15 is 0 Å². The number of ether oxygens (including phenoxy) is 1. The van der Waals surface area contributed by atoms with Gasteiger partial charge in [-0.2, -0.15) is 0 Å². The maximum atomic E-state index is 5.18. The highest BCUT2D eigenvalue weighted by molar-refractivity contribution is 9.11. The Hall–Kier alpha value is 0.140. The zero-order valence-electron chi connectivity index (χ0n) is 5.68. The average Bonchev–Trinajstić information content (AvgIpc) is 2.76. The van der Waals surface area contributed by atoms with Gasteiger partial charge in [-0.05, 0) is 23.8 Å². The minimum absolute atomic E-state index is 0.321. The quantitative estimate of drug-likeness (QED) is 0.718. The largest absolute Gasteiger partial charge is 0.368 e. The van der Waals surface area contributed by atoms with Crippen molar-refractivity contribution < 1.29 is 4.74 Å². The molecule has 0 aromatic heterocycles. The third kappa shape index (κ3) is 1.66. The lowest BCUT2D eigenvalue weighted by atomic mass is 10.2. The molecule has 0 unspecified atom stereocenters. The van der Waals surface area contributed by atoms with Gasteiger partial charge in [0.2, 0.25) is 0 Å². The van der Waals surface area contributed by atoms with Crippen LogP contribution in [0.25, 0.3) is 0 Å². The van der Waals surface area contributed by atoms with Crippen molar-refractivity contribution in [2.75, 3.05) is 6.61 Å². The van der Waals surface area contributed by atoms with Gasteiger partial charge >= 0.3 is 0 Å². The highest BCUT2D eigenvalue weighted by atomic mass is 79.9. The van der Waals surface area contributed by atoms with E-state index in [4.69, 9.17) is 4.74 Å². The molecule has 58 valence electrons. The highest BCUT2D eigenvalue weighted by Gasteiger charge is 2.26. The fourth-order valence-corrected chi connectivity index (χ4v) is 1.87. The maximum Gasteiger partial charge on any atom is 0.107 e. The van der Waals surface area contributed by atoms with E-state index in [0.29, 0.717) is 6.10 Å². The highest BCUT2D eigenvalue weighted by Crippen LogP contribution is 2.36. The first-order valence-electron chi connectivity index (χ1n) is 3.34. The summed E-state index contributed by atoms with van der Waals surface area (Å²) in [7, 11) is 0. The summed E-state index contributed by atoms with van der Waals surface area (Å²) >= 11 is 6.89. The van der Waals surface area contributed by atoms with Gasteiger partial charge in [-0.1, -0.05) is 31.9 Å². The lowest BCUT2D eigenvalue weighted by molar-refractivity contribution is 0.415. The molecule has 1 nitrogen and oxygen atoms in total. The molecule has 0 bridgehead atoms. The second kappa shape index (κ2) is 2.88. The van der Waals surface area contributed by atoms with Crippen LogP contribution in [0.15, 0.2) is 27.1 Å². The van der Waals surface area contributed by atoms with Crippen LogP contribution in [0.2, 0.25) is 0 Å². The molecule has 3 heteroatoms. The molecule has 11 heavy (non-hydrogen) atoms. The Labute approximate surface area is 82.0 Å². The van der Waals surface area contributed by atoms with Crippen molar-refractivity contribution in [3.8, 4) is 0 Å². The maximum absolute atomic E-state index is 5.18. The summed E-state index contributed by atoms with van der Waals surface area (Å²) in [5.74, 6) is 0. The van der Waals surface area contributed by atoms with Crippen LogP contribution < -0.4 is 0 Å². The molecule has 1 atom stereocenters. The van der Waals surface area contributed by atoms with E-state index in [1.165, 1.54) is 5.56 Å². The Morgan fingerprint density at radius 2 is 2.09 bits per heavy atom. The van der Waals surface area contributed by atoms with Crippen LogP contribution in [0.5, 0.6) is 0 Å². The predicted molar refractivity (Wildman–Crippen MR) is 50.5 cm³/mol. The number of hydrogen-bond acceptors (Lipinski definition) is 1. The standard InChI is InChI=1S/C8H6Br2O/c9-5-1-2-7(10)6(3-5)8-4-11-8/h1-3,8H,4H2/t8-/m1/s1. The van der Waals surface area contributed by atoms with E-state index in [-0.39, 0.29) is 0 Å². The SMILES string of the molecule is Brc1ccc(Br)c([C@H]2CO2)c1. The van der Waals surface area contributed by atoms with E-state index in [2.05, 4.69) is 37.9 Å². The monoisotopic (exact) mass is 276 g/mol. The van der Waals surface area contributed by atoms with Crippen molar-refractivity contribution in [1.29, 1.82) is 0 Å². The van der Waals surface area contributed by atoms with Crippen LogP contribution >= 0.6 is 31.9 Å². The van der Waals surface area contributed by atoms with Crippen molar-refractivity contribution in [1.82, 2.24) is 0 Å². The van der Waals surface area contributed by atoms with E-state index in [1.54, 1.807) is 0 Å². The van der Waals surface area contributed by atoms with Crippen molar-refractivity contribution in [2.24, 2.45) is 0 Å². The van der Waals surface area contributed by atoms with Gasteiger partial charge in [0, 0.05) is 8.95 Å². The predicted octanol–water partition coefficient (Wildman–Crippen LogP) is 3.28. The number of rotatable bonds is 1. The normalized spacial score (nSPS) is 21.8. The third-order valence-corrected chi connectivity index (χ3v) is 2.85. The zero-order chi connectivity index (χ0) is 7.84. The summed E-state index contributed by atoms with van der Waals surface area (Å²) < 4.78 is 7.41. The molecule has 0 aliphatic carbocycles. The van der Waals surface area contributed by atoms with Gasteiger partial charge in [0.05, 0.1) is 6.61 Å². The molecule has 1 aliphatic heterocycles. The Balaban J connectivity index is 2.42. The van der Waals surface area contributed by atoms with Gasteiger partial charge in [0.1, 0.15) is 6.10 Å². The molecule has 2 rings (SSSR count). The van der Waals surface area contributed by atoms with Crippen LogP contribution in [-0.2, 0) is 4.74 Å². The molecule has 1 heterocycles. The van der Waals surface area contributed by atoms with E-state index < -0.39 is 0 Å². The van der Waals surface area contributed by atoms with E-state index in [0.717, 1.165) is 15.6 Å². The lowest BCUT2D eigenvalue weighted by Gasteiger charge is -1.99. The van der Waals surface area contributed by atoms with E-state index in [1.807, 2.05) is 12.1 Å². The van der Waals surface area contributed by atoms with E-state index in [9.17, 15) is 0 Å². The molecule has 0 saturated carbocycles. The second-order valence-electron chi connectivity index (χ2n) is 2.49. The topological polar surface area (TPSA) is 12.5 Å². The summed E-state index contributed by atoms with van der Waals surface area (Å²) in [6, 6.07) is 6.12. The van der Waals surface area contributed by atoms with Gasteiger partial charge < -0.3 is 4.74 Å². The lowest BCUT2D eigenvalue weighted by Crippen LogP contribution is -1.82. The van der Waals surface area contributed by atoms with Crippen LogP contribution in [0.1, 0.15) is 11.7 Å². The van der Waals surface area contributed by atoms with Crippen molar-refractivity contribution in [2.45, 2.75) is 6.10 Å². The molecule has 1 aliphatic rings. The second-order valence-corrected chi connectivity index (χ2v) is 4.26. The van der Waals surface area contributed by atoms with Gasteiger partial charge in [-0.15, -0.1) is 0 Å². The number of epoxide rings is 1. The number of hydrogen-bond donors (Lipinski definition) is 0. The number of halogens is 2. The first kappa shape index (κ1) is 7.77. The molecule has 0 N–H and O–H groups in total. The fraction of sp³-hybridized carbons (Fsp3) is 0.250. The molecule has 0 amide bonds. The average molecular weight is 278 g/mol. The molecular weight excluding hydrogens is 272 g/mol. The Kier molecular flexibility index (Phi) is 2.04. The third-order valence-electron chi connectivity index (χ3n) is 1.64. The molecule has 1 aromatic rings. The van der Waals surface area contributed by atoms with Crippen LogP contribution in [0.3, 0.4) is 0 Å². The van der Waals surface area contributed by atoms with Gasteiger partial charge in [0.15, 0.2) is 0 Å². The number of benzene rings is 1. The van der Waals surface area contributed by atoms with Crippen molar-refractivity contribution in [3.63, 3.8) is 0 Å². The molecular formula is C8H6Br2O. The molecule has 0 spiro atoms. The van der Waals surface area contributed by atoms with Crippen LogP contribution in [0.4, 0.5) is 0 Å². The summed E-state index contributed by atoms with van der Waals surface area (Å²) in [6.45, 7) is 0.856. The minimum atomic E-state index is 0.321. The van der Waals surface area contributed by atoms with Crippen molar-refractivity contribution in [3.05, 3.63) is 32.7 Å². The first-order valence-corrected chi connectivity index (χ1v) is 4.92. The fourth-order valence-electron chi connectivity index (χ4n) is 0.989. The molecule has 0 radical (unpaired) electrons. The van der Waals surface area contributed by atoms with Gasteiger partial charge in [-0.3, -0.25) is 0 Å². The Morgan fingerprint density at radius 1 is 1.36 bits per heavy atom. The summed E-state index contributed by atoms with van der Waals surface area (Å²) in [5.41, 5.74) is 1.24. The summed E-state index contributed by atoms with van der Waals surface area (Å²) in [6.07, 6.45) is 0.321. The Morgan fingerprint density at radius 3 is 2.73 bits per heavy atom. The zero-order valence-corrected chi connectivity index (χ0v) is 8.85. The van der Waals surface area contributed by atoms with Gasteiger partial charge in [0.25, 0.3) is 0 Å². The smallest absolute Gasteiger partial charge is 0.107 e. The Bertz CT molecular complexity index is 281. The summed E-state index contributed by atoms with van der Waals surface area (Å²) in [4.78, 5) is 0.